The number of unbranched alkanes of at least 4 members (excludes halogenated alkanes) is 14. The van der Waals surface area contributed by atoms with Gasteiger partial charge in [0.25, 0.3) is 0 Å². The van der Waals surface area contributed by atoms with Crippen LogP contribution in [0.25, 0.3) is 0 Å². The second-order valence-corrected chi connectivity index (χ2v) is 21.2. The molecule has 80 heavy (non-hydrogen) atoms. The van der Waals surface area contributed by atoms with E-state index in [-0.39, 0.29) is 19.3 Å². The van der Waals surface area contributed by atoms with Gasteiger partial charge in [-0.2, -0.15) is 0 Å². The molecule has 0 amide bonds. The average Bonchev–Trinajstić information content (AvgIpc) is 3.45. The molecule has 0 saturated heterocycles. The lowest BCUT2D eigenvalue weighted by molar-refractivity contribution is -0.161. The van der Waals surface area contributed by atoms with Gasteiger partial charge < -0.3 is 24.2 Å². The minimum Gasteiger partial charge on any atom is -0.462 e. The normalized spacial score (nSPS) is 14.3. The van der Waals surface area contributed by atoms with Crippen LogP contribution >= 0.6 is 7.82 Å². The van der Waals surface area contributed by atoms with E-state index in [1.54, 1.807) is 0 Å². The maximum Gasteiger partial charge on any atom is 0.472 e. The molecule has 3 unspecified atom stereocenters. The van der Waals surface area contributed by atoms with Crippen LogP contribution in [0.3, 0.4) is 0 Å². The largest absolute Gasteiger partial charge is 0.472 e. The monoisotopic (exact) mass is 1130 g/mol. The summed E-state index contributed by atoms with van der Waals surface area (Å²) in [5, 5.41) is 9.84. The van der Waals surface area contributed by atoms with Gasteiger partial charge in [-0.3, -0.25) is 23.4 Å². The number of phosphoric acid groups is 1. The number of carbonyl (C=O) groups is 3. The third kappa shape index (κ3) is 58.0. The number of rotatable bonds is 55. The molecule has 0 bridgehead atoms. The smallest absolute Gasteiger partial charge is 0.462 e. The fourth-order valence-corrected chi connectivity index (χ4v) is 8.49. The van der Waals surface area contributed by atoms with Gasteiger partial charge in [0.1, 0.15) is 12.7 Å². The van der Waals surface area contributed by atoms with E-state index < -0.39 is 64.4 Å². The number of hydrogen-bond donors (Lipinski definition) is 2. The van der Waals surface area contributed by atoms with Crippen molar-refractivity contribution in [1.82, 2.24) is 0 Å². The third-order valence-corrected chi connectivity index (χ3v) is 13.2. The first-order valence-electron chi connectivity index (χ1n) is 30.7. The van der Waals surface area contributed by atoms with E-state index in [1.807, 2.05) is 24.3 Å². The standard InChI is InChI=1S/C68H109O11P/c1-4-7-10-13-16-19-22-25-28-30-32-34-37-39-42-45-48-51-54-57-66(70)75-61-65(79-68(72)59-56-53-50-47-44-41-38-35-33-31-29-26-23-20-17-14-11-8-5-2)63-77-80(73,74)76-62-64(60-69)78-67(71)58-55-52-49-46-43-40-36-27-24-21-18-15-12-9-6-3/h7-8,10-11,16-17,19-20,25-26,28-29,32-35,39,41-42,44,48,50-51,53,64-65,69H,4-6,9,12-15,18,21-24,27,30-31,36-38,40,43,45-47,49,52,54-63H2,1-3H3,(H,73,74)/b10-7-,11-8-,19-16-,20-17-,28-25-,29-26-,34-32-,35-33-,42-39-,44-41-,51-48-,53-50-. The molecular weight excluding hydrogens is 1020 g/mol. The number of hydrogen-bond acceptors (Lipinski definition) is 10. The maximum absolute atomic E-state index is 12.9. The number of aliphatic hydroxyl groups excluding tert-OH is 1. The molecule has 0 aromatic heterocycles. The summed E-state index contributed by atoms with van der Waals surface area (Å²) in [4.78, 5) is 48.6. The Hall–Kier alpha value is -4.64. The van der Waals surface area contributed by atoms with Gasteiger partial charge in [-0.25, -0.2) is 4.57 Å². The first-order valence-corrected chi connectivity index (χ1v) is 32.2. The number of esters is 3. The van der Waals surface area contributed by atoms with Gasteiger partial charge in [-0.05, 0) is 96.3 Å². The maximum atomic E-state index is 12.9. The molecule has 2 N–H and O–H groups in total. The van der Waals surface area contributed by atoms with Crippen LogP contribution in [0, 0.1) is 0 Å². The Kier molecular flexibility index (Phi) is 56.9. The minimum absolute atomic E-state index is 0.0194. The fraction of sp³-hybridized carbons (Fsp3) is 0.603. The van der Waals surface area contributed by atoms with Gasteiger partial charge in [0.2, 0.25) is 0 Å². The number of aliphatic hydroxyl groups is 1. The Morgan fingerprint density at radius 3 is 1.00 bits per heavy atom. The summed E-state index contributed by atoms with van der Waals surface area (Å²) < 4.78 is 39.4. The molecule has 0 radical (unpaired) electrons. The molecule has 452 valence electrons. The predicted molar refractivity (Wildman–Crippen MR) is 334 cm³/mol. The molecule has 12 heteroatoms. The van der Waals surface area contributed by atoms with Crippen molar-refractivity contribution in [3.8, 4) is 0 Å². The summed E-state index contributed by atoms with van der Waals surface area (Å²) in [5.74, 6) is -1.68. The first-order chi connectivity index (χ1) is 39.2. The van der Waals surface area contributed by atoms with Crippen LogP contribution in [0.15, 0.2) is 146 Å². The van der Waals surface area contributed by atoms with E-state index in [4.69, 9.17) is 23.3 Å². The van der Waals surface area contributed by atoms with E-state index in [2.05, 4.69) is 142 Å². The van der Waals surface area contributed by atoms with Crippen LogP contribution < -0.4 is 0 Å². The highest BCUT2D eigenvalue weighted by Gasteiger charge is 2.28. The van der Waals surface area contributed by atoms with E-state index in [0.29, 0.717) is 25.7 Å². The molecule has 0 aromatic carbocycles. The quantitative estimate of drug-likeness (QED) is 0.0197. The Labute approximate surface area is 486 Å². The number of allylic oxidation sites excluding steroid dienone is 24. The van der Waals surface area contributed by atoms with Gasteiger partial charge >= 0.3 is 25.7 Å². The van der Waals surface area contributed by atoms with Crippen molar-refractivity contribution in [3.05, 3.63) is 146 Å². The third-order valence-electron chi connectivity index (χ3n) is 12.3. The molecule has 0 spiro atoms. The zero-order chi connectivity index (χ0) is 58.3. The molecule has 0 rings (SSSR count). The Morgan fingerprint density at radius 1 is 0.362 bits per heavy atom. The molecule has 0 fully saturated rings. The second kappa shape index (κ2) is 60.5. The minimum atomic E-state index is -4.80. The van der Waals surface area contributed by atoms with Gasteiger partial charge in [-0.15, -0.1) is 0 Å². The summed E-state index contributed by atoms with van der Waals surface area (Å²) >= 11 is 0. The second-order valence-electron chi connectivity index (χ2n) is 19.8. The highest BCUT2D eigenvalue weighted by atomic mass is 31.2. The van der Waals surface area contributed by atoms with Gasteiger partial charge in [0.05, 0.1) is 19.8 Å². The molecule has 3 atom stereocenters. The Bertz CT molecular complexity index is 1900. The summed E-state index contributed by atoms with van der Waals surface area (Å²) in [6.07, 6.45) is 78.3. The number of phosphoric ester groups is 1. The lowest BCUT2D eigenvalue weighted by Gasteiger charge is -2.21. The van der Waals surface area contributed by atoms with Crippen LogP contribution in [-0.4, -0.2) is 66.5 Å². The summed E-state index contributed by atoms with van der Waals surface area (Å²) in [6.45, 7) is 4.25. The van der Waals surface area contributed by atoms with Gasteiger partial charge in [0, 0.05) is 19.3 Å². The van der Waals surface area contributed by atoms with Crippen molar-refractivity contribution in [2.24, 2.45) is 0 Å². The van der Waals surface area contributed by atoms with Crippen molar-refractivity contribution in [1.29, 1.82) is 0 Å². The Morgan fingerprint density at radius 2 is 0.650 bits per heavy atom. The first kappa shape index (κ1) is 75.4. The molecule has 0 aliphatic rings. The zero-order valence-corrected chi connectivity index (χ0v) is 50.9. The van der Waals surface area contributed by atoms with Crippen LogP contribution in [-0.2, 0) is 42.2 Å². The van der Waals surface area contributed by atoms with Gasteiger partial charge in [0.15, 0.2) is 6.10 Å². The van der Waals surface area contributed by atoms with Gasteiger partial charge in [-0.1, -0.05) is 256 Å². The van der Waals surface area contributed by atoms with Crippen LogP contribution in [0.5, 0.6) is 0 Å². The Balaban J connectivity index is 4.94. The summed E-state index contributed by atoms with van der Waals surface area (Å²) in [6, 6.07) is 0. The lowest BCUT2D eigenvalue weighted by atomic mass is 10.0. The van der Waals surface area contributed by atoms with Crippen molar-refractivity contribution in [2.75, 3.05) is 26.4 Å². The van der Waals surface area contributed by atoms with E-state index in [1.165, 1.54) is 70.6 Å². The molecule has 11 nitrogen and oxygen atoms in total. The number of carbonyl (C=O) groups excluding carboxylic acids is 3. The van der Waals surface area contributed by atoms with E-state index in [0.717, 1.165) is 89.9 Å². The highest BCUT2D eigenvalue weighted by Crippen LogP contribution is 2.43. The molecule has 0 heterocycles. The predicted octanol–water partition coefficient (Wildman–Crippen LogP) is 18.7. The topological polar surface area (TPSA) is 155 Å². The molecule has 0 aliphatic carbocycles. The zero-order valence-electron chi connectivity index (χ0n) is 50.0. The van der Waals surface area contributed by atoms with Crippen molar-refractivity contribution >= 4 is 25.7 Å². The van der Waals surface area contributed by atoms with Crippen molar-refractivity contribution < 1.29 is 52.2 Å². The SMILES string of the molecule is CC/C=C\C/C=C\C/C=C\C/C=C\C/C=C\C/C=C\CCC(=O)OCC(COP(=O)(O)OCC(CO)OC(=O)CCCCCCCCCCCCCCCCC)OC(=O)CC/C=C\C/C=C\C/C=C\C/C=C\C/C=C\C/C=C\CC. The van der Waals surface area contributed by atoms with Crippen LogP contribution in [0.4, 0.5) is 0 Å². The highest BCUT2D eigenvalue weighted by molar-refractivity contribution is 7.47. The average molecular weight is 1130 g/mol. The lowest BCUT2D eigenvalue weighted by Crippen LogP contribution is -2.30. The van der Waals surface area contributed by atoms with Crippen molar-refractivity contribution in [3.63, 3.8) is 0 Å². The summed E-state index contributed by atoms with van der Waals surface area (Å²) in [7, 11) is -4.80. The molecule has 0 aliphatic heterocycles. The van der Waals surface area contributed by atoms with E-state index in [9.17, 15) is 28.9 Å². The fourth-order valence-electron chi connectivity index (χ4n) is 7.70. The van der Waals surface area contributed by atoms with Crippen molar-refractivity contribution in [2.45, 2.75) is 238 Å². The number of ether oxygens (including phenoxy) is 3. The van der Waals surface area contributed by atoms with Crippen LogP contribution in [0.1, 0.15) is 226 Å². The van der Waals surface area contributed by atoms with E-state index >= 15 is 0 Å². The summed E-state index contributed by atoms with van der Waals surface area (Å²) in [5.41, 5.74) is 0. The molecular formula is C68H109O11P. The molecule has 0 aromatic rings. The molecule has 0 saturated carbocycles. The van der Waals surface area contributed by atoms with Crippen LogP contribution in [0.2, 0.25) is 0 Å².